The number of morpholine rings is 1. The van der Waals surface area contributed by atoms with Gasteiger partial charge in [-0.1, -0.05) is 29.8 Å². The van der Waals surface area contributed by atoms with E-state index in [0.29, 0.717) is 13.0 Å². The van der Waals surface area contributed by atoms with Gasteiger partial charge in [0.1, 0.15) is 12.4 Å². The maximum absolute atomic E-state index is 11.7. The van der Waals surface area contributed by atoms with E-state index < -0.39 is 11.4 Å². The molecule has 0 radical (unpaired) electrons. The number of hydrogen-bond acceptors (Lipinski definition) is 7. The van der Waals surface area contributed by atoms with Crippen LogP contribution in [0.2, 0.25) is 0 Å². The molecule has 1 aromatic heterocycles. The average molecular weight is 534 g/mol. The highest BCUT2D eigenvalue weighted by Crippen LogP contribution is 2.58. The van der Waals surface area contributed by atoms with Crippen LogP contribution >= 0.6 is 11.3 Å². The van der Waals surface area contributed by atoms with Crippen LogP contribution in [0, 0.1) is 25.2 Å². The standard InChI is InChI=1S/C30H35N3O4S/c1-20-3-6-27(37-18-23-5-4-22(14-21(23)2)16-32-9-11-36-12-10-32)25(13-20)26-19-38-29(31-26)33-8-7-30(28(34)35)15-24(30)17-33/h3-6,13-14,19,24H,7-12,15-18H2,1-2H3,(H,34,35). The quantitative estimate of drug-likeness (QED) is 0.430. The highest BCUT2D eigenvalue weighted by molar-refractivity contribution is 7.14. The number of rotatable bonds is 8. The predicted molar refractivity (Wildman–Crippen MR) is 149 cm³/mol. The second kappa shape index (κ2) is 10.3. The Kier molecular flexibility index (Phi) is 6.88. The summed E-state index contributed by atoms with van der Waals surface area (Å²) in [6, 6.07) is 12.9. The lowest BCUT2D eigenvalue weighted by molar-refractivity contribution is -0.144. The van der Waals surface area contributed by atoms with Crippen molar-refractivity contribution < 1.29 is 19.4 Å². The van der Waals surface area contributed by atoms with Crippen LogP contribution in [0.25, 0.3) is 11.3 Å². The van der Waals surface area contributed by atoms with Crippen LogP contribution < -0.4 is 9.64 Å². The Hall–Kier alpha value is -2.94. The molecule has 2 unspecified atom stereocenters. The van der Waals surface area contributed by atoms with Gasteiger partial charge in [0.15, 0.2) is 5.13 Å². The van der Waals surface area contributed by atoms with E-state index in [-0.39, 0.29) is 5.92 Å². The highest BCUT2D eigenvalue weighted by atomic mass is 32.1. The van der Waals surface area contributed by atoms with E-state index in [4.69, 9.17) is 14.5 Å². The number of aromatic nitrogens is 1. The number of thiazole rings is 1. The van der Waals surface area contributed by atoms with Gasteiger partial charge in [0.2, 0.25) is 0 Å². The molecule has 2 aromatic carbocycles. The van der Waals surface area contributed by atoms with E-state index in [1.54, 1.807) is 11.3 Å². The monoisotopic (exact) mass is 533 g/mol. The molecule has 3 fully saturated rings. The number of aryl methyl sites for hydroxylation is 2. The molecule has 38 heavy (non-hydrogen) atoms. The molecule has 1 N–H and O–H groups in total. The second-order valence-corrected chi connectivity index (χ2v) is 11.8. The fourth-order valence-electron chi connectivity index (χ4n) is 5.85. The Balaban J connectivity index is 1.14. The number of ether oxygens (including phenoxy) is 2. The van der Waals surface area contributed by atoms with Crippen molar-refractivity contribution in [3.8, 4) is 17.0 Å². The van der Waals surface area contributed by atoms with Crippen LogP contribution in [0.3, 0.4) is 0 Å². The largest absolute Gasteiger partial charge is 0.488 e. The van der Waals surface area contributed by atoms with Crippen molar-refractivity contribution in [3.63, 3.8) is 0 Å². The molecule has 7 nitrogen and oxygen atoms in total. The zero-order valence-corrected chi connectivity index (χ0v) is 22.9. The van der Waals surface area contributed by atoms with Gasteiger partial charge in [-0.15, -0.1) is 11.3 Å². The van der Waals surface area contributed by atoms with Crippen molar-refractivity contribution in [1.82, 2.24) is 9.88 Å². The molecular weight excluding hydrogens is 498 g/mol. The van der Waals surface area contributed by atoms with Crippen LogP contribution in [0.4, 0.5) is 5.13 Å². The Bertz CT molecular complexity index is 1330. The Morgan fingerprint density at radius 2 is 2.03 bits per heavy atom. The zero-order valence-electron chi connectivity index (χ0n) is 22.1. The second-order valence-electron chi connectivity index (χ2n) is 11.0. The van der Waals surface area contributed by atoms with Gasteiger partial charge in [0, 0.05) is 43.7 Å². The van der Waals surface area contributed by atoms with Gasteiger partial charge < -0.3 is 19.5 Å². The molecule has 0 bridgehead atoms. The molecule has 1 aliphatic carbocycles. The summed E-state index contributed by atoms with van der Waals surface area (Å²) in [5.74, 6) is 0.433. The number of benzene rings is 2. The SMILES string of the molecule is Cc1ccc(OCc2ccc(CN3CCOCC3)cc2C)c(-c2csc(N3CCC4(C(=O)O)CC4C3)n2)c1. The smallest absolute Gasteiger partial charge is 0.310 e. The molecular formula is C30H35N3O4S. The molecule has 8 heteroatoms. The summed E-state index contributed by atoms with van der Waals surface area (Å²) in [7, 11) is 0. The summed E-state index contributed by atoms with van der Waals surface area (Å²) < 4.78 is 11.8. The van der Waals surface area contributed by atoms with Gasteiger partial charge >= 0.3 is 5.97 Å². The first-order chi connectivity index (χ1) is 18.4. The number of carboxylic acids is 1. The van der Waals surface area contributed by atoms with Gasteiger partial charge in [-0.05, 0) is 61.4 Å². The number of fused-ring (bicyclic) bond motifs is 1. The van der Waals surface area contributed by atoms with E-state index >= 15 is 0 Å². The van der Waals surface area contributed by atoms with Gasteiger partial charge in [-0.3, -0.25) is 9.69 Å². The Morgan fingerprint density at radius 1 is 1.18 bits per heavy atom. The van der Waals surface area contributed by atoms with Crippen molar-refractivity contribution in [3.05, 3.63) is 64.0 Å². The Morgan fingerprint density at radius 3 is 2.79 bits per heavy atom. The molecule has 2 aliphatic heterocycles. The van der Waals surface area contributed by atoms with Gasteiger partial charge in [-0.2, -0.15) is 0 Å². The van der Waals surface area contributed by atoms with E-state index in [2.05, 4.69) is 59.4 Å². The van der Waals surface area contributed by atoms with Crippen molar-refractivity contribution in [1.29, 1.82) is 0 Å². The molecule has 2 atom stereocenters. The van der Waals surface area contributed by atoms with Crippen LogP contribution in [0.15, 0.2) is 41.8 Å². The summed E-state index contributed by atoms with van der Waals surface area (Å²) in [4.78, 5) is 21.3. The molecule has 3 heterocycles. The third-order valence-electron chi connectivity index (χ3n) is 8.40. The fourth-order valence-corrected chi connectivity index (χ4v) is 6.72. The molecule has 6 rings (SSSR count). The topological polar surface area (TPSA) is 75.1 Å². The van der Waals surface area contributed by atoms with E-state index in [9.17, 15) is 9.90 Å². The van der Waals surface area contributed by atoms with Crippen LogP contribution in [-0.4, -0.2) is 60.4 Å². The van der Waals surface area contributed by atoms with Crippen molar-refractivity contribution in [2.75, 3.05) is 44.3 Å². The summed E-state index contributed by atoms with van der Waals surface area (Å²) in [5, 5.41) is 12.6. The number of carbonyl (C=O) groups is 1. The minimum Gasteiger partial charge on any atom is -0.488 e. The molecule has 3 aromatic rings. The predicted octanol–water partition coefficient (Wildman–Crippen LogP) is 5.14. The lowest BCUT2D eigenvalue weighted by atomic mass is 9.96. The molecule has 200 valence electrons. The number of anilines is 1. The third-order valence-corrected chi connectivity index (χ3v) is 9.30. The highest BCUT2D eigenvalue weighted by Gasteiger charge is 2.62. The van der Waals surface area contributed by atoms with Gasteiger partial charge in [0.05, 0.1) is 24.3 Å². The first kappa shape index (κ1) is 25.3. The zero-order chi connectivity index (χ0) is 26.3. The summed E-state index contributed by atoms with van der Waals surface area (Å²) in [6.45, 7) is 10.8. The lowest BCUT2D eigenvalue weighted by Crippen LogP contribution is -2.37. The first-order valence-electron chi connectivity index (χ1n) is 13.5. The number of hydrogen-bond donors (Lipinski definition) is 1. The van der Waals surface area contributed by atoms with Crippen LogP contribution in [-0.2, 0) is 22.7 Å². The molecule has 2 saturated heterocycles. The maximum Gasteiger partial charge on any atom is 0.310 e. The fraction of sp³-hybridized carbons (Fsp3) is 0.467. The number of nitrogens with zero attached hydrogens (tertiary/aromatic N) is 3. The minimum atomic E-state index is -0.634. The molecule has 0 spiro atoms. The first-order valence-corrected chi connectivity index (χ1v) is 14.4. The molecule has 0 amide bonds. The maximum atomic E-state index is 11.7. The average Bonchev–Trinajstić information content (AvgIpc) is 3.47. The summed E-state index contributed by atoms with van der Waals surface area (Å²) in [5.41, 5.74) is 6.33. The van der Waals surface area contributed by atoms with Crippen molar-refractivity contribution in [2.24, 2.45) is 11.3 Å². The summed E-state index contributed by atoms with van der Waals surface area (Å²) >= 11 is 1.63. The number of aliphatic carboxylic acids is 1. The van der Waals surface area contributed by atoms with E-state index in [0.717, 1.165) is 80.1 Å². The van der Waals surface area contributed by atoms with Gasteiger partial charge in [0.25, 0.3) is 0 Å². The van der Waals surface area contributed by atoms with Crippen LogP contribution in [0.1, 0.15) is 35.1 Å². The number of carboxylic acid groups (broad SMARTS) is 1. The number of piperidine rings is 1. The lowest BCUT2D eigenvalue weighted by Gasteiger charge is -2.29. The third kappa shape index (κ3) is 5.05. The minimum absolute atomic E-state index is 0.238. The van der Waals surface area contributed by atoms with Crippen molar-refractivity contribution >= 4 is 22.4 Å². The van der Waals surface area contributed by atoms with E-state index in [1.165, 1.54) is 16.7 Å². The summed E-state index contributed by atoms with van der Waals surface area (Å²) in [6.07, 6.45) is 1.49. The Labute approximate surface area is 228 Å². The molecule has 3 aliphatic rings. The van der Waals surface area contributed by atoms with Gasteiger partial charge in [-0.25, -0.2) is 4.98 Å². The van der Waals surface area contributed by atoms with Crippen LogP contribution in [0.5, 0.6) is 5.75 Å². The van der Waals surface area contributed by atoms with E-state index in [1.807, 2.05) is 6.07 Å². The normalized spacial score (nSPS) is 23.2. The molecule has 1 saturated carbocycles. The van der Waals surface area contributed by atoms with Crippen molar-refractivity contribution in [2.45, 2.75) is 39.8 Å².